The van der Waals surface area contributed by atoms with Crippen molar-refractivity contribution in [1.29, 1.82) is 0 Å². The van der Waals surface area contributed by atoms with Crippen LogP contribution in [0.2, 0.25) is 0 Å². The Morgan fingerprint density at radius 2 is 1.96 bits per heavy atom. The van der Waals surface area contributed by atoms with Crippen molar-refractivity contribution in [3.63, 3.8) is 0 Å². The third kappa shape index (κ3) is 3.36. The molecule has 1 aromatic rings. The number of ether oxygens (including phenoxy) is 2. The molecule has 6 nitrogen and oxygen atoms in total. The lowest BCUT2D eigenvalue weighted by molar-refractivity contribution is -0.137. The van der Waals surface area contributed by atoms with E-state index in [9.17, 15) is 19.8 Å². The molecule has 0 aliphatic carbocycles. The number of aliphatic carboxylic acids is 1. The number of carboxylic acids is 1. The minimum Gasteiger partial charge on any atom is -0.507 e. The molecule has 0 spiro atoms. The van der Waals surface area contributed by atoms with Gasteiger partial charge >= 0.3 is 5.97 Å². The van der Waals surface area contributed by atoms with Gasteiger partial charge in [0.15, 0.2) is 5.78 Å². The first-order valence-corrected chi connectivity index (χ1v) is 9.81. The fourth-order valence-corrected chi connectivity index (χ4v) is 3.94. The van der Waals surface area contributed by atoms with Crippen LogP contribution < -0.4 is 9.47 Å². The average Bonchev–Trinajstić information content (AvgIpc) is 2.58. The number of phenols is 1. The maximum absolute atomic E-state index is 13.0. The smallest absolute Gasteiger partial charge is 0.303 e. The lowest BCUT2D eigenvalue weighted by Crippen LogP contribution is -2.35. The zero-order valence-electron chi connectivity index (χ0n) is 17.0. The SMILES string of the molecule is CCCC(CC(=O)O)c1c(O)c2c(c3c1OC(C)(C)C=C3)O[C@@H](C)[C@H](C)C2=O. The molecule has 28 heavy (non-hydrogen) atoms. The quantitative estimate of drug-likeness (QED) is 0.769. The van der Waals surface area contributed by atoms with Gasteiger partial charge in [0.1, 0.15) is 34.5 Å². The number of benzene rings is 1. The number of carboxylic acid groups (broad SMARTS) is 1. The predicted molar refractivity (Wildman–Crippen MR) is 105 cm³/mol. The Balaban J connectivity index is 2.32. The van der Waals surface area contributed by atoms with Gasteiger partial charge in [-0.3, -0.25) is 9.59 Å². The first-order chi connectivity index (χ1) is 13.1. The predicted octanol–water partition coefficient (Wildman–Crippen LogP) is 4.53. The van der Waals surface area contributed by atoms with E-state index < -0.39 is 23.4 Å². The highest BCUT2D eigenvalue weighted by atomic mass is 16.5. The summed E-state index contributed by atoms with van der Waals surface area (Å²) >= 11 is 0. The molecule has 0 fully saturated rings. The fourth-order valence-electron chi connectivity index (χ4n) is 3.94. The minimum atomic E-state index is -0.959. The van der Waals surface area contributed by atoms with Crippen molar-refractivity contribution in [1.82, 2.24) is 0 Å². The number of Topliss-reactive ketones (excluding diaryl/α,β-unsaturated/α-hetero) is 1. The Bertz CT molecular complexity index is 851. The van der Waals surface area contributed by atoms with Gasteiger partial charge in [0.05, 0.1) is 17.9 Å². The Hall–Kier alpha value is -2.50. The lowest BCUT2D eigenvalue weighted by Gasteiger charge is -2.36. The van der Waals surface area contributed by atoms with Gasteiger partial charge in [-0.15, -0.1) is 0 Å². The second kappa shape index (κ2) is 7.15. The van der Waals surface area contributed by atoms with E-state index in [4.69, 9.17) is 9.47 Å². The molecule has 1 aromatic carbocycles. The number of ketones is 1. The third-order valence-corrected chi connectivity index (χ3v) is 5.60. The van der Waals surface area contributed by atoms with Crippen molar-refractivity contribution < 1.29 is 29.3 Å². The number of carbonyl (C=O) groups is 2. The van der Waals surface area contributed by atoms with Crippen LogP contribution in [0.15, 0.2) is 6.08 Å². The minimum absolute atomic E-state index is 0.138. The second-order valence-corrected chi connectivity index (χ2v) is 8.31. The van der Waals surface area contributed by atoms with Gasteiger partial charge in [0, 0.05) is 11.5 Å². The van der Waals surface area contributed by atoms with Crippen molar-refractivity contribution in [2.24, 2.45) is 5.92 Å². The molecule has 2 N–H and O–H groups in total. The molecule has 6 heteroatoms. The van der Waals surface area contributed by atoms with Crippen LogP contribution in [0.5, 0.6) is 17.2 Å². The fraction of sp³-hybridized carbons (Fsp3) is 0.545. The van der Waals surface area contributed by atoms with Gasteiger partial charge < -0.3 is 19.7 Å². The molecule has 152 valence electrons. The molecular formula is C22H28O6. The van der Waals surface area contributed by atoms with Crippen LogP contribution in [-0.4, -0.2) is 33.7 Å². The standard InChI is InChI=1S/C22H28O6/c1-6-7-13(10-15(23)24)16-19(26)17-18(25)11(2)12(3)27-20(17)14-8-9-22(4,5)28-21(14)16/h8-9,11-13,26H,6-7,10H2,1-5H3,(H,23,24)/t11-,12-,13?/m0/s1. The van der Waals surface area contributed by atoms with E-state index in [2.05, 4.69) is 0 Å². The highest BCUT2D eigenvalue weighted by Crippen LogP contribution is 2.53. The largest absolute Gasteiger partial charge is 0.507 e. The van der Waals surface area contributed by atoms with E-state index in [1.807, 2.05) is 39.8 Å². The number of aromatic hydroxyl groups is 1. The third-order valence-electron chi connectivity index (χ3n) is 5.60. The molecular weight excluding hydrogens is 360 g/mol. The molecule has 0 aromatic heterocycles. The van der Waals surface area contributed by atoms with Crippen LogP contribution in [0.1, 0.15) is 81.3 Å². The van der Waals surface area contributed by atoms with E-state index >= 15 is 0 Å². The molecule has 0 amide bonds. The molecule has 2 aliphatic rings. The molecule has 0 saturated heterocycles. The van der Waals surface area contributed by atoms with Gasteiger partial charge in [-0.2, -0.15) is 0 Å². The second-order valence-electron chi connectivity index (χ2n) is 8.31. The van der Waals surface area contributed by atoms with E-state index in [1.54, 1.807) is 6.92 Å². The molecule has 0 radical (unpaired) electrons. The summed E-state index contributed by atoms with van der Waals surface area (Å²) in [5.41, 5.74) is 0.508. The van der Waals surface area contributed by atoms with Crippen LogP contribution in [0, 0.1) is 5.92 Å². The Kier molecular flexibility index (Phi) is 5.17. The van der Waals surface area contributed by atoms with Crippen LogP contribution in [-0.2, 0) is 4.79 Å². The highest BCUT2D eigenvalue weighted by molar-refractivity contribution is 6.06. The summed E-state index contributed by atoms with van der Waals surface area (Å²) < 4.78 is 12.2. The maximum atomic E-state index is 13.0. The van der Waals surface area contributed by atoms with E-state index in [1.165, 1.54) is 0 Å². The van der Waals surface area contributed by atoms with Gasteiger partial charge in [-0.05, 0) is 39.3 Å². The van der Waals surface area contributed by atoms with Gasteiger partial charge in [-0.1, -0.05) is 20.3 Å². The first-order valence-electron chi connectivity index (χ1n) is 9.81. The van der Waals surface area contributed by atoms with Crippen LogP contribution >= 0.6 is 0 Å². The summed E-state index contributed by atoms with van der Waals surface area (Å²) in [4.78, 5) is 24.5. The van der Waals surface area contributed by atoms with Crippen LogP contribution in [0.25, 0.3) is 6.08 Å². The van der Waals surface area contributed by atoms with E-state index in [0.717, 1.165) is 6.42 Å². The van der Waals surface area contributed by atoms with Crippen molar-refractivity contribution in [3.8, 4) is 17.2 Å². The number of rotatable bonds is 5. The number of hydrogen-bond donors (Lipinski definition) is 2. The van der Waals surface area contributed by atoms with Crippen LogP contribution in [0.3, 0.4) is 0 Å². The summed E-state index contributed by atoms with van der Waals surface area (Å²) in [6.07, 6.45) is 4.53. The number of hydrogen-bond acceptors (Lipinski definition) is 5. The normalized spacial score (nSPS) is 23.2. The van der Waals surface area contributed by atoms with Gasteiger partial charge in [0.2, 0.25) is 0 Å². The Morgan fingerprint density at radius 3 is 2.57 bits per heavy atom. The topological polar surface area (TPSA) is 93.1 Å². The Labute approximate surface area is 165 Å². The molecule has 2 heterocycles. The number of fused-ring (bicyclic) bond motifs is 3. The van der Waals surface area contributed by atoms with E-state index in [0.29, 0.717) is 29.0 Å². The molecule has 1 unspecified atom stereocenters. The zero-order chi connectivity index (χ0) is 20.8. The zero-order valence-corrected chi connectivity index (χ0v) is 17.0. The van der Waals surface area contributed by atoms with Crippen LogP contribution in [0.4, 0.5) is 0 Å². The number of phenolic OH excluding ortho intramolecular Hbond substituents is 1. The van der Waals surface area contributed by atoms with E-state index in [-0.39, 0.29) is 29.6 Å². The summed E-state index contributed by atoms with van der Waals surface area (Å²) in [5, 5.41) is 20.6. The first kappa shape index (κ1) is 20.2. The highest BCUT2D eigenvalue weighted by Gasteiger charge is 2.41. The average molecular weight is 388 g/mol. The summed E-state index contributed by atoms with van der Waals surface area (Å²) in [7, 11) is 0. The van der Waals surface area contributed by atoms with Gasteiger partial charge in [-0.25, -0.2) is 0 Å². The molecule has 0 saturated carbocycles. The Morgan fingerprint density at radius 1 is 1.29 bits per heavy atom. The maximum Gasteiger partial charge on any atom is 0.303 e. The van der Waals surface area contributed by atoms with Crippen molar-refractivity contribution in [2.75, 3.05) is 0 Å². The monoisotopic (exact) mass is 388 g/mol. The van der Waals surface area contributed by atoms with Crippen molar-refractivity contribution in [2.45, 2.75) is 71.5 Å². The van der Waals surface area contributed by atoms with Crippen molar-refractivity contribution in [3.05, 3.63) is 22.8 Å². The van der Waals surface area contributed by atoms with Gasteiger partial charge in [0.25, 0.3) is 0 Å². The lowest BCUT2D eigenvalue weighted by atomic mass is 9.81. The van der Waals surface area contributed by atoms with Crippen molar-refractivity contribution >= 4 is 17.8 Å². The molecule has 3 rings (SSSR count). The molecule has 2 aliphatic heterocycles. The summed E-state index contributed by atoms with van der Waals surface area (Å²) in [5.74, 6) is -1.49. The summed E-state index contributed by atoms with van der Waals surface area (Å²) in [6, 6.07) is 0. The summed E-state index contributed by atoms with van der Waals surface area (Å²) in [6.45, 7) is 9.32. The number of carbonyl (C=O) groups excluding carboxylic acids is 1. The molecule has 3 atom stereocenters. The molecule has 0 bridgehead atoms.